The van der Waals surface area contributed by atoms with Gasteiger partial charge in [-0.15, -0.1) is 13.2 Å². The number of carboxylic acid groups (broad SMARTS) is 1. The molecule has 0 atom stereocenters. The Bertz CT molecular complexity index is 1060. The molecular formula is C19H14BrF3N4O3. The van der Waals surface area contributed by atoms with E-state index < -0.39 is 24.6 Å². The predicted octanol–water partition coefficient (Wildman–Crippen LogP) is 5.04. The maximum Gasteiger partial charge on any atom is 0.573 e. The molecule has 0 amide bonds. The van der Waals surface area contributed by atoms with E-state index in [0.717, 1.165) is 4.47 Å². The lowest BCUT2D eigenvalue weighted by molar-refractivity contribution is -0.274. The Morgan fingerprint density at radius 1 is 1.10 bits per heavy atom. The highest BCUT2D eigenvalue weighted by atomic mass is 79.9. The van der Waals surface area contributed by atoms with Crippen molar-refractivity contribution in [2.45, 2.75) is 6.36 Å². The molecule has 11 heteroatoms. The second kappa shape index (κ2) is 8.99. The van der Waals surface area contributed by atoms with Crippen molar-refractivity contribution in [3.8, 4) is 17.0 Å². The van der Waals surface area contributed by atoms with Gasteiger partial charge in [0.2, 0.25) is 5.95 Å². The zero-order valence-electron chi connectivity index (χ0n) is 15.1. The summed E-state index contributed by atoms with van der Waals surface area (Å²) in [4.78, 5) is 19.3. The van der Waals surface area contributed by atoms with Gasteiger partial charge in [0, 0.05) is 16.1 Å². The second-order valence-electron chi connectivity index (χ2n) is 5.89. The van der Waals surface area contributed by atoms with Gasteiger partial charge in [0.05, 0.1) is 11.4 Å². The number of rotatable bonds is 7. The first-order valence-electron chi connectivity index (χ1n) is 8.42. The summed E-state index contributed by atoms with van der Waals surface area (Å²) >= 11 is 3.40. The van der Waals surface area contributed by atoms with E-state index in [1.54, 1.807) is 18.2 Å². The van der Waals surface area contributed by atoms with Gasteiger partial charge in [-0.3, -0.25) is 4.79 Å². The quantitative estimate of drug-likeness (QED) is 0.433. The molecule has 3 aromatic rings. The number of nitrogens with zero attached hydrogens (tertiary/aromatic N) is 2. The van der Waals surface area contributed by atoms with Crippen LogP contribution in [-0.4, -0.2) is 34.0 Å². The minimum atomic E-state index is -4.83. The molecule has 0 radical (unpaired) electrons. The Kier molecular flexibility index (Phi) is 6.40. The Morgan fingerprint density at radius 2 is 1.87 bits per heavy atom. The third-order valence-corrected chi connectivity index (χ3v) is 4.32. The standard InChI is InChI=1S/C19H14BrF3N4O3/c20-13-6-1-2-7-14(13)25-16-9-15(26-18(27-16)24-10-17(28)29)11-4-3-5-12(8-11)30-19(21,22)23/h1-9H,10H2,(H,28,29)(H2,24,25,26,27). The van der Waals surface area contributed by atoms with Crippen LogP contribution < -0.4 is 15.4 Å². The van der Waals surface area contributed by atoms with E-state index in [4.69, 9.17) is 5.11 Å². The second-order valence-corrected chi connectivity index (χ2v) is 6.74. The molecule has 1 aromatic heterocycles. The molecule has 1 heterocycles. The molecule has 30 heavy (non-hydrogen) atoms. The third kappa shape index (κ3) is 6.08. The molecule has 0 aliphatic rings. The molecule has 0 unspecified atom stereocenters. The van der Waals surface area contributed by atoms with Gasteiger partial charge in [-0.1, -0.05) is 24.3 Å². The number of nitrogens with one attached hydrogen (secondary N) is 2. The van der Waals surface area contributed by atoms with Crippen LogP contribution in [0.1, 0.15) is 0 Å². The summed E-state index contributed by atoms with van der Waals surface area (Å²) in [6.07, 6.45) is -4.83. The van der Waals surface area contributed by atoms with Crippen LogP contribution in [0.15, 0.2) is 59.1 Å². The Labute approximate surface area is 177 Å². The monoisotopic (exact) mass is 482 g/mol. The number of alkyl halides is 3. The van der Waals surface area contributed by atoms with E-state index in [9.17, 15) is 18.0 Å². The number of ether oxygens (including phenoxy) is 1. The van der Waals surface area contributed by atoms with Gasteiger partial charge >= 0.3 is 12.3 Å². The normalized spacial score (nSPS) is 11.1. The van der Waals surface area contributed by atoms with E-state index >= 15 is 0 Å². The van der Waals surface area contributed by atoms with Crippen LogP contribution >= 0.6 is 15.9 Å². The summed E-state index contributed by atoms with van der Waals surface area (Å²) in [5.74, 6) is -1.22. The van der Waals surface area contributed by atoms with E-state index in [1.165, 1.54) is 24.3 Å². The number of aromatic nitrogens is 2. The lowest BCUT2D eigenvalue weighted by Crippen LogP contribution is -2.17. The van der Waals surface area contributed by atoms with Crippen LogP contribution in [0, 0.1) is 0 Å². The van der Waals surface area contributed by atoms with Crippen molar-refractivity contribution in [2.24, 2.45) is 0 Å². The largest absolute Gasteiger partial charge is 0.573 e. The number of para-hydroxylation sites is 1. The van der Waals surface area contributed by atoms with Gasteiger partial charge in [0.15, 0.2) is 0 Å². The number of hydrogen-bond acceptors (Lipinski definition) is 6. The van der Waals surface area contributed by atoms with Crippen molar-refractivity contribution in [1.29, 1.82) is 0 Å². The van der Waals surface area contributed by atoms with Crippen LogP contribution in [0.25, 0.3) is 11.3 Å². The number of hydrogen-bond donors (Lipinski definition) is 3. The van der Waals surface area contributed by atoms with E-state index in [2.05, 4.69) is 41.3 Å². The fourth-order valence-electron chi connectivity index (χ4n) is 2.45. The van der Waals surface area contributed by atoms with Crippen LogP contribution in [0.4, 0.5) is 30.6 Å². The highest BCUT2D eigenvalue weighted by Crippen LogP contribution is 2.30. The first-order chi connectivity index (χ1) is 14.2. The first-order valence-corrected chi connectivity index (χ1v) is 9.21. The molecule has 0 saturated carbocycles. The number of aliphatic carboxylic acids is 1. The average molecular weight is 483 g/mol. The summed E-state index contributed by atoms with van der Waals surface area (Å²) in [6, 6.07) is 14.0. The highest BCUT2D eigenvalue weighted by molar-refractivity contribution is 9.10. The van der Waals surface area contributed by atoms with Gasteiger partial charge in [-0.2, -0.15) is 4.98 Å². The molecule has 0 fully saturated rings. The van der Waals surface area contributed by atoms with Crippen molar-refractivity contribution < 1.29 is 27.8 Å². The molecule has 0 aliphatic heterocycles. The summed E-state index contributed by atoms with van der Waals surface area (Å²) < 4.78 is 42.3. The van der Waals surface area contributed by atoms with Gasteiger partial charge in [0.25, 0.3) is 0 Å². The molecule has 156 valence electrons. The third-order valence-electron chi connectivity index (χ3n) is 3.62. The smallest absolute Gasteiger partial charge is 0.480 e. The van der Waals surface area contributed by atoms with Crippen LogP contribution in [-0.2, 0) is 4.79 Å². The topological polar surface area (TPSA) is 96.4 Å². The van der Waals surface area contributed by atoms with Crippen LogP contribution in [0.3, 0.4) is 0 Å². The minimum absolute atomic E-state index is 0.00778. The molecular weight excluding hydrogens is 469 g/mol. The van der Waals surface area contributed by atoms with Crippen molar-refractivity contribution >= 4 is 39.4 Å². The zero-order valence-corrected chi connectivity index (χ0v) is 16.7. The highest BCUT2D eigenvalue weighted by Gasteiger charge is 2.31. The summed E-state index contributed by atoms with van der Waals surface area (Å²) in [5, 5.41) is 14.5. The number of carboxylic acids is 1. The fraction of sp³-hybridized carbons (Fsp3) is 0.105. The van der Waals surface area contributed by atoms with E-state index in [0.29, 0.717) is 17.1 Å². The SMILES string of the molecule is O=C(O)CNc1nc(Nc2ccccc2Br)cc(-c2cccc(OC(F)(F)F)c2)n1. The molecule has 0 bridgehead atoms. The summed E-state index contributed by atoms with van der Waals surface area (Å²) in [5.41, 5.74) is 1.27. The molecule has 7 nitrogen and oxygen atoms in total. The van der Waals surface area contributed by atoms with E-state index in [-0.39, 0.29) is 11.6 Å². The molecule has 0 saturated heterocycles. The maximum atomic E-state index is 12.5. The summed E-state index contributed by atoms with van der Waals surface area (Å²) in [7, 11) is 0. The first kappa shape index (κ1) is 21.4. The average Bonchev–Trinajstić information content (AvgIpc) is 2.67. The van der Waals surface area contributed by atoms with Crippen LogP contribution in [0.2, 0.25) is 0 Å². The lowest BCUT2D eigenvalue weighted by Gasteiger charge is -2.13. The predicted molar refractivity (Wildman–Crippen MR) is 108 cm³/mol. The van der Waals surface area contributed by atoms with Crippen molar-refractivity contribution in [1.82, 2.24) is 9.97 Å². The number of benzene rings is 2. The molecule has 0 aliphatic carbocycles. The Balaban J connectivity index is 1.98. The van der Waals surface area contributed by atoms with E-state index in [1.807, 2.05) is 12.1 Å². The number of anilines is 3. The molecule has 3 N–H and O–H groups in total. The van der Waals surface area contributed by atoms with Crippen molar-refractivity contribution in [3.05, 3.63) is 59.1 Å². The van der Waals surface area contributed by atoms with Crippen molar-refractivity contribution in [2.75, 3.05) is 17.2 Å². The van der Waals surface area contributed by atoms with Crippen LogP contribution in [0.5, 0.6) is 5.75 Å². The van der Waals surface area contributed by atoms with Gasteiger partial charge in [-0.25, -0.2) is 4.98 Å². The Morgan fingerprint density at radius 3 is 2.57 bits per heavy atom. The maximum absolute atomic E-state index is 12.5. The number of halogens is 4. The molecule has 2 aromatic carbocycles. The van der Waals surface area contributed by atoms with Gasteiger partial charge < -0.3 is 20.5 Å². The fourth-order valence-corrected chi connectivity index (χ4v) is 2.83. The minimum Gasteiger partial charge on any atom is -0.480 e. The zero-order chi connectivity index (χ0) is 21.7. The molecule has 3 rings (SSSR count). The summed E-state index contributed by atoms with van der Waals surface area (Å²) in [6.45, 7) is -0.435. The van der Waals surface area contributed by atoms with Gasteiger partial charge in [-0.05, 0) is 40.2 Å². The lowest BCUT2D eigenvalue weighted by atomic mass is 10.1. The number of carbonyl (C=O) groups is 1. The Hall–Kier alpha value is -3.34. The molecule has 0 spiro atoms. The van der Waals surface area contributed by atoms with Crippen molar-refractivity contribution in [3.63, 3.8) is 0 Å². The van der Waals surface area contributed by atoms with Gasteiger partial charge in [0.1, 0.15) is 18.1 Å².